The summed E-state index contributed by atoms with van der Waals surface area (Å²) in [6.45, 7) is 2.02. The second kappa shape index (κ2) is 5.31. The molecular weight excluding hydrogens is 335 g/mol. The van der Waals surface area contributed by atoms with Crippen LogP contribution in [0.4, 0.5) is 13.2 Å². The van der Waals surface area contributed by atoms with Crippen LogP contribution >= 0.6 is 11.3 Å². The molecule has 0 atom stereocenters. The molecule has 7 heteroatoms. The number of pyridine rings is 1. The molecule has 3 heterocycles. The molecule has 4 rings (SSSR count). The molecule has 1 fully saturated rings. The fourth-order valence-electron chi connectivity index (χ4n) is 2.98. The predicted molar refractivity (Wildman–Crippen MR) is 88.2 cm³/mol. The van der Waals surface area contributed by atoms with Crippen molar-refractivity contribution in [1.29, 1.82) is 0 Å². The number of fused-ring (bicyclic) bond motifs is 1. The summed E-state index contributed by atoms with van der Waals surface area (Å²) in [4.78, 5) is 6.40. The summed E-state index contributed by atoms with van der Waals surface area (Å²) in [5.74, 6) is 0.135. The van der Waals surface area contributed by atoms with Crippen LogP contribution in [0.25, 0.3) is 21.6 Å². The molecule has 3 nitrogen and oxygen atoms in total. The number of rotatable bonds is 3. The third kappa shape index (κ3) is 2.51. The van der Waals surface area contributed by atoms with Gasteiger partial charge in [0.05, 0.1) is 27.2 Å². The summed E-state index contributed by atoms with van der Waals surface area (Å²) in [5.41, 5.74) is 0.598. The van der Waals surface area contributed by atoms with Gasteiger partial charge in [0.2, 0.25) is 0 Å². The maximum absolute atomic E-state index is 13.7. The molecule has 0 amide bonds. The van der Waals surface area contributed by atoms with E-state index in [9.17, 15) is 13.2 Å². The van der Waals surface area contributed by atoms with Crippen LogP contribution in [-0.2, 0) is 19.6 Å². The lowest BCUT2D eigenvalue weighted by atomic mass is 10.1. The van der Waals surface area contributed by atoms with Crippen molar-refractivity contribution in [3.63, 3.8) is 0 Å². The van der Waals surface area contributed by atoms with E-state index in [1.54, 1.807) is 7.05 Å². The molecule has 0 saturated heterocycles. The second-order valence-electron chi connectivity index (χ2n) is 6.15. The average Bonchev–Trinajstić information content (AvgIpc) is 3.17. The molecule has 0 aromatic carbocycles. The van der Waals surface area contributed by atoms with Gasteiger partial charge in [-0.25, -0.2) is 4.98 Å². The van der Waals surface area contributed by atoms with Crippen molar-refractivity contribution in [2.75, 3.05) is 0 Å². The monoisotopic (exact) mass is 351 g/mol. The van der Waals surface area contributed by atoms with Crippen LogP contribution in [0.15, 0.2) is 18.2 Å². The Labute approximate surface area is 141 Å². The first-order valence-corrected chi connectivity index (χ1v) is 8.74. The molecule has 126 valence electrons. The van der Waals surface area contributed by atoms with Crippen molar-refractivity contribution < 1.29 is 13.2 Å². The van der Waals surface area contributed by atoms with E-state index in [4.69, 9.17) is 0 Å². The molecule has 0 bridgehead atoms. The molecule has 1 aliphatic carbocycles. The Morgan fingerprint density at radius 2 is 2.04 bits per heavy atom. The largest absolute Gasteiger partial charge is 0.417 e. The molecule has 0 spiro atoms. The van der Waals surface area contributed by atoms with Gasteiger partial charge >= 0.3 is 6.18 Å². The zero-order chi connectivity index (χ0) is 17.1. The molecule has 0 N–H and O–H groups in total. The molecule has 0 unspecified atom stereocenters. The Morgan fingerprint density at radius 3 is 2.62 bits per heavy atom. The number of alkyl halides is 3. The minimum Gasteiger partial charge on any atom is -0.250 e. The van der Waals surface area contributed by atoms with E-state index in [0.717, 1.165) is 29.0 Å². The summed E-state index contributed by atoms with van der Waals surface area (Å²) >= 11 is 1.49. The van der Waals surface area contributed by atoms with Crippen molar-refractivity contribution in [1.82, 2.24) is 14.8 Å². The number of hydrogen-bond donors (Lipinski definition) is 0. The normalized spacial score (nSPS) is 15.4. The molecule has 3 aromatic heterocycles. The maximum Gasteiger partial charge on any atom is 0.417 e. The van der Waals surface area contributed by atoms with Gasteiger partial charge in [0.25, 0.3) is 0 Å². The lowest BCUT2D eigenvalue weighted by molar-refractivity contribution is -0.136. The highest BCUT2D eigenvalue weighted by molar-refractivity contribution is 7.15. The van der Waals surface area contributed by atoms with E-state index in [1.807, 2.05) is 19.1 Å². The maximum atomic E-state index is 13.7. The SMILES string of the molecule is CCc1ccc(-c2cc(C(F)(F)F)c3c(C4CC4)nn(C)c3n2)s1. The number of halogens is 3. The topological polar surface area (TPSA) is 30.7 Å². The smallest absolute Gasteiger partial charge is 0.250 e. The first-order chi connectivity index (χ1) is 11.4. The molecule has 1 aliphatic rings. The van der Waals surface area contributed by atoms with Gasteiger partial charge < -0.3 is 0 Å². The first-order valence-electron chi connectivity index (χ1n) is 7.92. The minimum atomic E-state index is -4.42. The molecule has 0 radical (unpaired) electrons. The summed E-state index contributed by atoms with van der Waals surface area (Å²) in [6.07, 6.45) is -1.77. The quantitative estimate of drug-likeness (QED) is 0.653. The van der Waals surface area contributed by atoms with Crippen molar-refractivity contribution >= 4 is 22.4 Å². The molecule has 1 saturated carbocycles. The Kier molecular flexibility index (Phi) is 3.46. The van der Waals surface area contributed by atoms with Crippen LogP contribution < -0.4 is 0 Å². The molecule has 24 heavy (non-hydrogen) atoms. The number of aryl methyl sites for hydroxylation is 2. The van der Waals surface area contributed by atoms with E-state index in [2.05, 4.69) is 10.1 Å². The Morgan fingerprint density at radius 1 is 1.29 bits per heavy atom. The highest BCUT2D eigenvalue weighted by Gasteiger charge is 2.39. The molecular formula is C17H16F3N3S. The Balaban J connectivity index is 1.99. The summed E-state index contributed by atoms with van der Waals surface area (Å²) < 4.78 is 42.6. The third-order valence-corrected chi connectivity index (χ3v) is 5.60. The third-order valence-electron chi connectivity index (χ3n) is 4.35. The fourth-order valence-corrected chi connectivity index (χ4v) is 3.88. The number of nitrogens with zero attached hydrogens (tertiary/aromatic N) is 3. The standard InChI is InChI=1S/C17H16F3N3S/c1-3-10-6-7-13(24-10)12-8-11(17(18,19)20)14-15(9-4-5-9)22-23(2)16(14)21-12/h6-9H,3-5H2,1-2H3. The van der Waals surface area contributed by atoms with Gasteiger partial charge in [-0.15, -0.1) is 11.3 Å². The zero-order valence-corrected chi connectivity index (χ0v) is 14.1. The van der Waals surface area contributed by atoms with Gasteiger partial charge in [-0.05, 0) is 37.5 Å². The Bertz CT molecular complexity index is 919. The molecule has 0 aliphatic heterocycles. The predicted octanol–water partition coefficient (Wildman–Crippen LogP) is 5.16. The summed E-state index contributed by atoms with van der Waals surface area (Å²) in [6, 6.07) is 4.97. The van der Waals surface area contributed by atoms with Crippen LogP contribution in [-0.4, -0.2) is 14.8 Å². The minimum absolute atomic E-state index is 0.135. The lowest BCUT2D eigenvalue weighted by Crippen LogP contribution is -2.07. The highest BCUT2D eigenvalue weighted by atomic mass is 32.1. The van der Waals surface area contributed by atoms with Crippen LogP contribution in [0.1, 0.15) is 41.8 Å². The number of aromatic nitrogens is 3. The van der Waals surface area contributed by atoms with Gasteiger partial charge in [-0.3, -0.25) is 4.68 Å². The van der Waals surface area contributed by atoms with E-state index in [-0.39, 0.29) is 11.3 Å². The van der Waals surface area contributed by atoms with Gasteiger partial charge in [0.1, 0.15) is 0 Å². The summed E-state index contributed by atoms with van der Waals surface area (Å²) in [5, 5.41) is 4.51. The van der Waals surface area contributed by atoms with Crippen LogP contribution in [0.2, 0.25) is 0 Å². The Hall–Kier alpha value is -1.89. The highest BCUT2D eigenvalue weighted by Crippen LogP contribution is 2.46. The molecule has 3 aromatic rings. The van der Waals surface area contributed by atoms with Gasteiger partial charge in [-0.2, -0.15) is 18.3 Å². The van der Waals surface area contributed by atoms with E-state index in [1.165, 1.54) is 22.1 Å². The summed E-state index contributed by atoms with van der Waals surface area (Å²) in [7, 11) is 1.66. The number of thiophene rings is 1. The van der Waals surface area contributed by atoms with Crippen molar-refractivity contribution in [2.24, 2.45) is 7.05 Å². The first kappa shape index (κ1) is 15.6. The lowest BCUT2D eigenvalue weighted by Gasteiger charge is -2.11. The van der Waals surface area contributed by atoms with Gasteiger partial charge in [0.15, 0.2) is 5.65 Å². The van der Waals surface area contributed by atoms with Crippen LogP contribution in [0, 0.1) is 0 Å². The average molecular weight is 351 g/mol. The van der Waals surface area contributed by atoms with Crippen LogP contribution in [0.5, 0.6) is 0 Å². The fraction of sp³-hybridized carbons (Fsp3) is 0.412. The van der Waals surface area contributed by atoms with Gasteiger partial charge in [-0.1, -0.05) is 6.92 Å². The van der Waals surface area contributed by atoms with Crippen molar-refractivity contribution in [3.8, 4) is 10.6 Å². The van der Waals surface area contributed by atoms with Crippen LogP contribution in [0.3, 0.4) is 0 Å². The van der Waals surface area contributed by atoms with E-state index in [0.29, 0.717) is 17.0 Å². The van der Waals surface area contributed by atoms with E-state index >= 15 is 0 Å². The van der Waals surface area contributed by atoms with Crippen molar-refractivity contribution in [2.45, 2.75) is 38.3 Å². The van der Waals surface area contributed by atoms with Crippen molar-refractivity contribution in [3.05, 3.63) is 34.3 Å². The van der Waals surface area contributed by atoms with E-state index < -0.39 is 11.7 Å². The zero-order valence-electron chi connectivity index (χ0n) is 13.3. The number of hydrogen-bond acceptors (Lipinski definition) is 3. The second-order valence-corrected chi connectivity index (χ2v) is 7.32. The van der Waals surface area contributed by atoms with Gasteiger partial charge in [0, 0.05) is 17.8 Å².